The highest BCUT2D eigenvalue weighted by Crippen LogP contribution is 2.39. The van der Waals surface area contributed by atoms with E-state index in [1.165, 1.54) is 16.3 Å². The summed E-state index contributed by atoms with van der Waals surface area (Å²) in [5, 5.41) is 4.61. The third-order valence-corrected chi connectivity index (χ3v) is 7.34. The molecule has 0 amide bonds. The lowest BCUT2D eigenvalue weighted by Crippen LogP contribution is -2.30. The van der Waals surface area contributed by atoms with E-state index in [-0.39, 0.29) is 10.8 Å². The van der Waals surface area contributed by atoms with E-state index in [0.29, 0.717) is 5.82 Å². The van der Waals surface area contributed by atoms with Crippen LogP contribution in [0.3, 0.4) is 0 Å². The summed E-state index contributed by atoms with van der Waals surface area (Å²) < 4.78 is 8.85. The zero-order chi connectivity index (χ0) is 27.7. The fourth-order valence-electron chi connectivity index (χ4n) is 5.11. The predicted molar refractivity (Wildman–Crippen MR) is 159 cm³/mol. The molecule has 5 heteroatoms. The van der Waals surface area contributed by atoms with Crippen molar-refractivity contribution in [1.82, 2.24) is 15.0 Å². The number of nitrogens with zero attached hydrogens (tertiary/aromatic N) is 4. The van der Waals surface area contributed by atoms with Crippen molar-refractivity contribution in [3.05, 3.63) is 84.1 Å². The van der Waals surface area contributed by atoms with Crippen molar-refractivity contribution in [2.24, 2.45) is 7.05 Å². The van der Waals surface area contributed by atoms with Gasteiger partial charge >= 0.3 is 0 Å². The molecule has 6 rings (SSSR count). The van der Waals surface area contributed by atoms with Crippen LogP contribution in [0.25, 0.3) is 55.4 Å². The largest absolute Gasteiger partial charge is 0.455 e. The summed E-state index contributed by atoms with van der Waals surface area (Å²) in [4.78, 5) is 14.6. The van der Waals surface area contributed by atoms with Crippen LogP contribution in [0.5, 0.6) is 0 Å². The molecule has 0 saturated heterocycles. The van der Waals surface area contributed by atoms with E-state index >= 15 is 0 Å². The predicted octanol–water partition coefficient (Wildman–Crippen LogP) is 7.99. The maximum absolute atomic E-state index is 6.66. The van der Waals surface area contributed by atoms with Crippen LogP contribution in [0.15, 0.2) is 71.3 Å². The van der Waals surface area contributed by atoms with Crippen molar-refractivity contribution in [3.63, 3.8) is 0 Å². The van der Waals surface area contributed by atoms with Crippen molar-refractivity contribution in [2.45, 2.75) is 59.3 Å². The van der Waals surface area contributed by atoms with Crippen LogP contribution in [0.4, 0.5) is 0 Å². The molecule has 0 bridgehead atoms. The molecule has 0 fully saturated rings. The van der Waals surface area contributed by atoms with E-state index in [2.05, 4.69) is 127 Å². The van der Waals surface area contributed by atoms with Gasteiger partial charge in [-0.05, 0) is 36.1 Å². The van der Waals surface area contributed by atoms with E-state index in [0.717, 1.165) is 50.4 Å². The molecule has 3 heterocycles. The van der Waals surface area contributed by atoms with Gasteiger partial charge in [-0.1, -0.05) is 77.9 Å². The minimum Gasteiger partial charge on any atom is -0.455 e. The second kappa shape index (κ2) is 8.70. The Morgan fingerprint density at radius 2 is 1.36 bits per heavy atom. The van der Waals surface area contributed by atoms with Gasteiger partial charge in [0.05, 0.1) is 5.56 Å². The second-order valence-corrected chi connectivity index (χ2v) is 12.7. The van der Waals surface area contributed by atoms with Gasteiger partial charge in [-0.3, -0.25) is 0 Å². The van der Waals surface area contributed by atoms with Crippen molar-refractivity contribution in [3.8, 4) is 22.6 Å². The van der Waals surface area contributed by atoms with Gasteiger partial charge in [0.2, 0.25) is 5.69 Å². The van der Waals surface area contributed by atoms with Crippen LogP contribution in [-0.2, 0) is 17.9 Å². The summed E-state index contributed by atoms with van der Waals surface area (Å²) >= 11 is 0. The molecular formula is C34H35N4O+. The number of rotatable bonds is 2. The Morgan fingerprint density at radius 3 is 2.03 bits per heavy atom. The topological polar surface area (TPSA) is 55.7 Å². The standard InChI is InChI=1S/C34H35N4O/c1-20-13-15-25-24-16-14-22(30-35-31(33(2,3)4)37-32(36-30)34(5,6)7)18-27(24)39-29(25)28(20)26-17-21-11-9-10-12-23(21)19-38(26)8/h9-19H,1-8H3/q+1. The first kappa shape index (κ1) is 25.2. The van der Waals surface area contributed by atoms with E-state index in [9.17, 15) is 0 Å². The first-order valence-corrected chi connectivity index (χ1v) is 13.5. The SMILES string of the molecule is Cc1ccc2c(oc3cc(-c4nc(C(C)(C)C)nc(C(C)(C)C)n4)ccc32)c1-c1cc2ccccc2c[n+]1C. The molecule has 0 spiro atoms. The van der Waals surface area contributed by atoms with Gasteiger partial charge in [0, 0.05) is 38.6 Å². The Bertz CT molecular complexity index is 1870. The number of hydrogen-bond acceptors (Lipinski definition) is 4. The monoisotopic (exact) mass is 515 g/mol. The molecule has 196 valence electrons. The molecule has 6 aromatic rings. The van der Waals surface area contributed by atoms with Gasteiger partial charge in [0.1, 0.15) is 29.9 Å². The van der Waals surface area contributed by atoms with Crippen LogP contribution in [-0.4, -0.2) is 15.0 Å². The van der Waals surface area contributed by atoms with Gasteiger partial charge in [0.15, 0.2) is 12.0 Å². The van der Waals surface area contributed by atoms with Gasteiger partial charge in [-0.15, -0.1) is 0 Å². The minimum absolute atomic E-state index is 0.192. The zero-order valence-corrected chi connectivity index (χ0v) is 24.0. The van der Waals surface area contributed by atoms with E-state index in [4.69, 9.17) is 19.4 Å². The first-order valence-electron chi connectivity index (χ1n) is 13.5. The van der Waals surface area contributed by atoms with Crippen LogP contribution < -0.4 is 4.57 Å². The fraction of sp³-hybridized carbons (Fsp3) is 0.294. The summed E-state index contributed by atoms with van der Waals surface area (Å²) in [6, 6.07) is 21.4. The number of aryl methyl sites for hydroxylation is 2. The third-order valence-electron chi connectivity index (χ3n) is 7.34. The van der Waals surface area contributed by atoms with Gasteiger partial charge in [0.25, 0.3) is 0 Å². The highest BCUT2D eigenvalue weighted by molar-refractivity contribution is 6.10. The Morgan fingerprint density at radius 1 is 0.718 bits per heavy atom. The molecule has 0 radical (unpaired) electrons. The first-order chi connectivity index (χ1) is 18.4. The number of fused-ring (bicyclic) bond motifs is 4. The van der Waals surface area contributed by atoms with Gasteiger partial charge in [-0.25, -0.2) is 19.5 Å². The van der Waals surface area contributed by atoms with Crippen LogP contribution in [0.2, 0.25) is 0 Å². The molecule has 0 aliphatic rings. The number of pyridine rings is 1. The average Bonchev–Trinajstić information content (AvgIpc) is 3.25. The van der Waals surface area contributed by atoms with Gasteiger partial charge < -0.3 is 4.42 Å². The lowest BCUT2D eigenvalue weighted by atomic mass is 9.93. The Kier molecular flexibility index (Phi) is 5.62. The molecule has 3 aromatic heterocycles. The lowest BCUT2D eigenvalue weighted by molar-refractivity contribution is -0.659. The lowest BCUT2D eigenvalue weighted by Gasteiger charge is -2.22. The fourth-order valence-corrected chi connectivity index (χ4v) is 5.11. The molecular weight excluding hydrogens is 480 g/mol. The molecule has 5 nitrogen and oxygen atoms in total. The quantitative estimate of drug-likeness (QED) is 0.219. The maximum Gasteiger partial charge on any atom is 0.216 e. The maximum atomic E-state index is 6.66. The Labute approximate surface area is 229 Å². The van der Waals surface area contributed by atoms with Crippen molar-refractivity contribution in [2.75, 3.05) is 0 Å². The zero-order valence-electron chi connectivity index (χ0n) is 24.0. The molecule has 3 aromatic carbocycles. The molecule has 0 aliphatic heterocycles. The highest BCUT2D eigenvalue weighted by atomic mass is 16.3. The molecule has 0 unspecified atom stereocenters. The third kappa shape index (κ3) is 4.36. The molecule has 0 aliphatic carbocycles. The summed E-state index contributed by atoms with van der Waals surface area (Å²) in [7, 11) is 2.10. The molecule has 39 heavy (non-hydrogen) atoms. The number of furan rings is 1. The summed E-state index contributed by atoms with van der Waals surface area (Å²) in [6.07, 6.45) is 2.18. The van der Waals surface area contributed by atoms with E-state index < -0.39 is 0 Å². The Balaban J connectivity index is 1.57. The number of benzene rings is 3. The van der Waals surface area contributed by atoms with Crippen LogP contribution >= 0.6 is 0 Å². The van der Waals surface area contributed by atoms with Crippen molar-refractivity contribution < 1.29 is 8.98 Å². The van der Waals surface area contributed by atoms with Crippen molar-refractivity contribution >= 4 is 32.7 Å². The normalized spacial score (nSPS) is 12.6. The molecule has 0 saturated carbocycles. The minimum atomic E-state index is -0.192. The van der Waals surface area contributed by atoms with Crippen molar-refractivity contribution in [1.29, 1.82) is 0 Å². The summed E-state index contributed by atoms with van der Waals surface area (Å²) in [6.45, 7) is 15.0. The average molecular weight is 516 g/mol. The van der Waals surface area contributed by atoms with Gasteiger partial charge in [-0.2, -0.15) is 0 Å². The number of hydrogen-bond donors (Lipinski definition) is 0. The summed E-state index contributed by atoms with van der Waals surface area (Å²) in [5.74, 6) is 2.27. The molecule has 0 atom stereocenters. The highest BCUT2D eigenvalue weighted by Gasteiger charge is 2.26. The Hall–Kier alpha value is -4.12. The van der Waals surface area contributed by atoms with Crippen LogP contribution in [0, 0.1) is 6.92 Å². The summed E-state index contributed by atoms with van der Waals surface area (Å²) in [5.41, 5.74) is 5.68. The number of aromatic nitrogens is 4. The van der Waals surface area contributed by atoms with Crippen LogP contribution in [0.1, 0.15) is 58.8 Å². The molecule has 0 N–H and O–H groups in total. The van der Waals surface area contributed by atoms with E-state index in [1.54, 1.807) is 0 Å². The smallest absolute Gasteiger partial charge is 0.216 e. The van der Waals surface area contributed by atoms with E-state index in [1.807, 2.05) is 0 Å². The second-order valence-electron chi connectivity index (χ2n) is 12.7.